The molecule has 124 valence electrons. The monoisotopic (exact) mass is 312 g/mol. The number of hydrogen-bond acceptors (Lipinski definition) is 7. The third-order valence-corrected chi connectivity index (χ3v) is 2.25. The molecule has 0 fully saturated rings. The van der Waals surface area contributed by atoms with Gasteiger partial charge in [0.2, 0.25) is 5.78 Å². The van der Waals surface area contributed by atoms with Crippen LogP contribution in [0.5, 0.6) is 0 Å². The number of nitrogens with zero attached hydrogens (tertiary/aromatic N) is 2. The van der Waals surface area contributed by atoms with E-state index >= 15 is 0 Å². The lowest BCUT2D eigenvalue weighted by atomic mass is 10.0. The minimum Gasteiger partial charge on any atom is -0.462 e. The highest BCUT2D eigenvalue weighted by Gasteiger charge is 2.28. The van der Waals surface area contributed by atoms with Crippen LogP contribution in [-0.2, 0) is 23.9 Å². The van der Waals surface area contributed by atoms with E-state index in [0.717, 1.165) is 0 Å². The SMILES string of the molecule is CCOC(=O)/C(=C\N(C)C)C(=O)/C(=C/N(C)C)C(=O)OCC. The fourth-order valence-electron chi connectivity index (χ4n) is 1.49. The Hall–Kier alpha value is -2.31. The Morgan fingerprint density at radius 2 is 1.09 bits per heavy atom. The van der Waals surface area contributed by atoms with Crippen molar-refractivity contribution < 1.29 is 23.9 Å². The fraction of sp³-hybridized carbons (Fsp3) is 0.533. The van der Waals surface area contributed by atoms with Crippen molar-refractivity contribution in [1.29, 1.82) is 0 Å². The molecule has 0 aliphatic rings. The van der Waals surface area contributed by atoms with Gasteiger partial charge in [-0.25, -0.2) is 9.59 Å². The first-order chi connectivity index (χ1) is 10.2. The Morgan fingerprint density at radius 3 is 1.32 bits per heavy atom. The molecular formula is C15H24N2O5. The van der Waals surface area contributed by atoms with E-state index in [1.54, 1.807) is 42.0 Å². The molecule has 7 nitrogen and oxygen atoms in total. The standard InChI is InChI=1S/C15H24N2O5/c1-7-21-14(19)11(9-16(3)4)13(18)12(10-17(5)6)15(20)22-8-2/h9-10H,7-8H2,1-6H3/b11-9-,12-10-. The largest absolute Gasteiger partial charge is 0.462 e. The minimum atomic E-state index is -0.782. The third kappa shape index (κ3) is 6.43. The van der Waals surface area contributed by atoms with Crippen molar-refractivity contribution in [3.63, 3.8) is 0 Å². The number of esters is 2. The highest BCUT2D eigenvalue weighted by atomic mass is 16.5. The Kier molecular flexibility index (Phi) is 8.59. The molecule has 0 aromatic rings. The molecular weight excluding hydrogens is 288 g/mol. The molecule has 7 heteroatoms. The van der Waals surface area contributed by atoms with Crippen LogP contribution < -0.4 is 0 Å². The van der Waals surface area contributed by atoms with Crippen LogP contribution in [0.25, 0.3) is 0 Å². The van der Waals surface area contributed by atoms with Gasteiger partial charge in [-0.2, -0.15) is 0 Å². The average Bonchev–Trinajstić information content (AvgIpc) is 2.41. The van der Waals surface area contributed by atoms with Crippen molar-refractivity contribution in [2.75, 3.05) is 41.4 Å². The predicted octanol–water partition coefficient (Wildman–Crippen LogP) is 0.573. The molecule has 0 saturated heterocycles. The van der Waals surface area contributed by atoms with E-state index in [4.69, 9.17) is 9.47 Å². The normalized spacial score (nSPS) is 11.7. The molecule has 0 aliphatic carbocycles. The molecule has 0 aromatic carbocycles. The molecule has 0 aliphatic heterocycles. The van der Waals surface area contributed by atoms with Gasteiger partial charge in [-0.05, 0) is 13.8 Å². The van der Waals surface area contributed by atoms with Crippen LogP contribution in [0.1, 0.15) is 13.8 Å². The lowest BCUT2D eigenvalue weighted by Gasteiger charge is -2.14. The van der Waals surface area contributed by atoms with E-state index < -0.39 is 17.7 Å². The molecule has 0 bridgehead atoms. The van der Waals surface area contributed by atoms with Gasteiger partial charge < -0.3 is 19.3 Å². The zero-order chi connectivity index (χ0) is 17.3. The molecule has 0 aromatic heterocycles. The maximum absolute atomic E-state index is 12.6. The van der Waals surface area contributed by atoms with Crippen LogP contribution in [0.4, 0.5) is 0 Å². The van der Waals surface area contributed by atoms with Gasteiger partial charge in [-0.15, -0.1) is 0 Å². The second kappa shape index (κ2) is 9.59. The average molecular weight is 312 g/mol. The van der Waals surface area contributed by atoms with Gasteiger partial charge in [0.15, 0.2) is 0 Å². The second-order valence-corrected chi connectivity index (χ2v) is 4.78. The van der Waals surface area contributed by atoms with E-state index in [9.17, 15) is 14.4 Å². The maximum atomic E-state index is 12.6. The predicted molar refractivity (Wildman–Crippen MR) is 81.8 cm³/mol. The summed E-state index contributed by atoms with van der Waals surface area (Å²) in [4.78, 5) is 39.5. The summed E-state index contributed by atoms with van der Waals surface area (Å²) in [7, 11) is 6.64. The van der Waals surface area contributed by atoms with Gasteiger partial charge in [0.25, 0.3) is 0 Å². The van der Waals surface area contributed by atoms with Crippen molar-refractivity contribution >= 4 is 17.7 Å². The van der Waals surface area contributed by atoms with E-state index in [-0.39, 0.29) is 24.4 Å². The molecule has 0 N–H and O–H groups in total. The first-order valence-corrected chi connectivity index (χ1v) is 6.89. The minimum absolute atomic E-state index is 0.128. The first-order valence-electron chi connectivity index (χ1n) is 6.89. The smallest absolute Gasteiger partial charge is 0.343 e. The van der Waals surface area contributed by atoms with E-state index in [1.165, 1.54) is 22.2 Å². The number of Topliss-reactive ketones (excluding diaryl/α,β-unsaturated/α-hetero) is 1. The Labute approximate surface area is 131 Å². The third-order valence-electron chi connectivity index (χ3n) is 2.25. The summed E-state index contributed by atoms with van der Waals surface area (Å²) in [5.74, 6) is -2.30. The molecule has 0 heterocycles. The summed E-state index contributed by atoms with van der Waals surface area (Å²) in [5.41, 5.74) is -0.457. The van der Waals surface area contributed by atoms with Gasteiger partial charge in [0.05, 0.1) is 13.2 Å². The second-order valence-electron chi connectivity index (χ2n) is 4.78. The molecule has 0 radical (unpaired) electrons. The first kappa shape index (κ1) is 19.7. The zero-order valence-electron chi connectivity index (χ0n) is 14.0. The van der Waals surface area contributed by atoms with Gasteiger partial charge in [-0.1, -0.05) is 0 Å². The molecule has 0 saturated carbocycles. The van der Waals surface area contributed by atoms with Crippen molar-refractivity contribution in [1.82, 2.24) is 9.80 Å². The number of ether oxygens (including phenoxy) is 2. The molecule has 22 heavy (non-hydrogen) atoms. The summed E-state index contributed by atoms with van der Waals surface area (Å²) in [6.07, 6.45) is 2.64. The lowest BCUT2D eigenvalue weighted by molar-refractivity contribution is -0.141. The highest BCUT2D eigenvalue weighted by Crippen LogP contribution is 2.12. The number of carbonyl (C=O) groups is 3. The van der Waals surface area contributed by atoms with Gasteiger partial charge in [-0.3, -0.25) is 4.79 Å². The topological polar surface area (TPSA) is 76.2 Å². The van der Waals surface area contributed by atoms with E-state index in [2.05, 4.69) is 0 Å². The van der Waals surface area contributed by atoms with Crippen LogP contribution in [0.15, 0.2) is 23.5 Å². The molecule has 0 amide bonds. The number of rotatable bonds is 8. The van der Waals surface area contributed by atoms with Crippen LogP contribution in [-0.4, -0.2) is 68.9 Å². The zero-order valence-corrected chi connectivity index (χ0v) is 14.0. The van der Waals surface area contributed by atoms with Gasteiger partial charge in [0, 0.05) is 40.6 Å². The lowest BCUT2D eigenvalue weighted by Crippen LogP contribution is -2.26. The van der Waals surface area contributed by atoms with Crippen molar-refractivity contribution in [3.8, 4) is 0 Å². The van der Waals surface area contributed by atoms with Gasteiger partial charge in [0.1, 0.15) is 11.1 Å². The molecule has 0 spiro atoms. The van der Waals surface area contributed by atoms with Crippen LogP contribution in [0.3, 0.4) is 0 Å². The fourth-order valence-corrected chi connectivity index (χ4v) is 1.49. The number of carbonyl (C=O) groups excluding carboxylic acids is 3. The highest BCUT2D eigenvalue weighted by molar-refractivity contribution is 6.32. The summed E-state index contributed by atoms with van der Waals surface area (Å²) in [6, 6.07) is 0. The van der Waals surface area contributed by atoms with Crippen molar-refractivity contribution in [2.24, 2.45) is 0 Å². The van der Waals surface area contributed by atoms with Crippen molar-refractivity contribution in [3.05, 3.63) is 23.5 Å². The van der Waals surface area contributed by atoms with E-state index in [1.807, 2.05) is 0 Å². The summed E-state index contributed by atoms with van der Waals surface area (Å²) in [5, 5.41) is 0. The van der Waals surface area contributed by atoms with Crippen LogP contribution in [0, 0.1) is 0 Å². The summed E-state index contributed by atoms with van der Waals surface area (Å²) in [6.45, 7) is 3.53. The Bertz CT molecular complexity index is 436. The number of ketones is 1. The maximum Gasteiger partial charge on any atom is 0.343 e. The molecule has 0 unspecified atom stereocenters. The van der Waals surface area contributed by atoms with Crippen LogP contribution in [0.2, 0.25) is 0 Å². The Morgan fingerprint density at radius 1 is 0.773 bits per heavy atom. The summed E-state index contributed by atoms with van der Waals surface area (Å²) < 4.78 is 9.75. The molecule has 0 atom stereocenters. The van der Waals surface area contributed by atoms with Gasteiger partial charge >= 0.3 is 11.9 Å². The molecule has 0 rings (SSSR count). The summed E-state index contributed by atoms with van der Waals surface area (Å²) >= 11 is 0. The van der Waals surface area contributed by atoms with E-state index in [0.29, 0.717) is 0 Å². The quantitative estimate of drug-likeness (QED) is 0.281. The van der Waals surface area contributed by atoms with Crippen molar-refractivity contribution in [2.45, 2.75) is 13.8 Å². The van der Waals surface area contributed by atoms with Crippen LogP contribution >= 0.6 is 0 Å². The number of hydrogen-bond donors (Lipinski definition) is 0. The Balaban J connectivity index is 5.73.